The van der Waals surface area contributed by atoms with Crippen LogP contribution in [0.15, 0.2) is 40.9 Å². The molecule has 4 aliphatic rings. The van der Waals surface area contributed by atoms with Crippen molar-refractivity contribution in [2.24, 2.45) is 5.92 Å². The predicted molar refractivity (Wildman–Crippen MR) is 163 cm³/mol. The number of carbonyl (C=O) groups excluding carboxylic acids is 2. The first kappa shape index (κ1) is 30.6. The van der Waals surface area contributed by atoms with E-state index in [1.54, 1.807) is 18.2 Å². The van der Waals surface area contributed by atoms with Crippen LogP contribution >= 0.6 is 23.2 Å². The molecule has 0 unspecified atom stereocenters. The van der Waals surface area contributed by atoms with Gasteiger partial charge in [-0.3, -0.25) is 9.59 Å². The Morgan fingerprint density at radius 3 is 2.51 bits per heavy atom. The maximum atomic E-state index is 15.8. The van der Waals surface area contributed by atoms with Crippen molar-refractivity contribution in [1.82, 2.24) is 9.88 Å². The molecule has 3 aromatic rings. The molecule has 1 saturated heterocycles. The first-order valence-corrected chi connectivity index (χ1v) is 17.3. The van der Waals surface area contributed by atoms with Crippen LogP contribution in [0.4, 0.5) is 10.1 Å². The smallest absolute Gasteiger partial charge is 0.267 e. The van der Waals surface area contributed by atoms with Crippen molar-refractivity contribution < 1.29 is 36.8 Å². The van der Waals surface area contributed by atoms with Crippen LogP contribution < -0.4 is 9.62 Å². The van der Waals surface area contributed by atoms with Crippen LogP contribution in [0.25, 0.3) is 11.3 Å². The number of benzene rings is 2. The van der Waals surface area contributed by atoms with Gasteiger partial charge in [-0.05, 0) is 69.2 Å². The number of hydrogen-bond acceptors (Lipinski definition) is 8. The van der Waals surface area contributed by atoms with Crippen LogP contribution in [0.3, 0.4) is 0 Å². The third kappa shape index (κ3) is 5.44. The number of aliphatic hydroxyl groups excluding tert-OH is 1. The van der Waals surface area contributed by atoms with Crippen molar-refractivity contribution in [2.75, 3.05) is 4.90 Å². The molecule has 7 rings (SSSR count). The van der Waals surface area contributed by atoms with Crippen molar-refractivity contribution in [3.05, 3.63) is 69.1 Å². The topological polar surface area (TPSA) is 139 Å². The minimum Gasteiger partial charge on any atom is -0.392 e. The number of anilines is 1. The molecule has 1 aliphatic heterocycles. The SMILES string of the molecule is O=C(NS(=O)(=O)[C@@H]1CCC[C@H]1O)c1cccc(N2C(=O)[C@@H]3C[C@H]2C[C@@H]3OCc2c(-c3c(Cl)cccc3Cl)noc2C2CC2)c1F. The lowest BCUT2D eigenvalue weighted by molar-refractivity contribution is -0.126. The van der Waals surface area contributed by atoms with Gasteiger partial charge in [-0.2, -0.15) is 0 Å². The molecule has 4 fully saturated rings. The van der Waals surface area contributed by atoms with Gasteiger partial charge in [0.2, 0.25) is 15.9 Å². The third-order valence-corrected chi connectivity index (χ3v) is 11.8. The van der Waals surface area contributed by atoms with Crippen molar-refractivity contribution in [3.63, 3.8) is 0 Å². The fraction of sp³-hybridized carbons (Fsp3) is 0.452. The summed E-state index contributed by atoms with van der Waals surface area (Å²) in [5, 5.41) is 14.0. The Labute approximate surface area is 268 Å². The quantitative estimate of drug-likeness (QED) is 0.309. The number of rotatable bonds is 9. The number of piperidine rings is 1. The number of hydrogen-bond donors (Lipinski definition) is 2. The number of carbonyl (C=O) groups is 2. The van der Waals surface area contributed by atoms with E-state index in [2.05, 4.69) is 5.16 Å². The lowest BCUT2D eigenvalue weighted by Gasteiger charge is -2.32. The molecule has 5 atom stereocenters. The maximum absolute atomic E-state index is 15.8. The number of amides is 2. The second-order valence-electron chi connectivity index (χ2n) is 12.2. The van der Waals surface area contributed by atoms with Crippen LogP contribution in [0.5, 0.6) is 0 Å². The molecule has 3 saturated carbocycles. The van der Waals surface area contributed by atoms with E-state index in [1.807, 2.05) is 4.72 Å². The number of ether oxygens (including phenoxy) is 1. The Kier molecular flexibility index (Phi) is 7.92. The highest BCUT2D eigenvalue weighted by molar-refractivity contribution is 7.90. The standard InChI is InChI=1S/C31H30Cl2FN3O7S/c32-20-5-2-6-21(33)26(20)28-19(29(44-35-28)15-10-11-15)14-43-24-13-16-12-18(24)31(40)37(16)22-7-1-4-17(27(22)34)30(39)36-45(41,42)25-9-3-8-23(25)38/h1-2,4-7,15-16,18,23-25,38H,3,8-14H2,(H,36,39)/t16-,18+,23+,24-,25+/m0/s1. The van der Waals surface area contributed by atoms with E-state index < -0.39 is 50.7 Å². The normalized spacial score (nSPS) is 26.2. The molecule has 2 heterocycles. The molecule has 0 spiro atoms. The van der Waals surface area contributed by atoms with Crippen molar-refractivity contribution in [1.29, 1.82) is 0 Å². The summed E-state index contributed by atoms with van der Waals surface area (Å²) in [5.74, 6) is -2.06. The summed E-state index contributed by atoms with van der Waals surface area (Å²) in [5.41, 5.74) is 1.20. The first-order valence-electron chi connectivity index (χ1n) is 14.9. The number of aromatic nitrogens is 1. The van der Waals surface area contributed by atoms with E-state index in [9.17, 15) is 23.1 Å². The van der Waals surface area contributed by atoms with Crippen molar-refractivity contribution in [2.45, 2.75) is 81.0 Å². The average molecular weight is 679 g/mol. The summed E-state index contributed by atoms with van der Waals surface area (Å²) in [4.78, 5) is 27.8. The highest BCUT2D eigenvalue weighted by Gasteiger charge is 2.53. The number of halogens is 3. The van der Waals surface area contributed by atoms with Gasteiger partial charge in [0.25, 0.3) is 5.91 Å². The summed E-state index contributed by atoms with van der Waals surface area (Å²) in [6.45, 7) is 0.127. The molecular weight excluding hydrogens is 648 g/mol. The van der Waals surface area contributed by atoms with E-state index >= 15 is 4.39 Å². The lowest BCUT2D eigenvalue weighted by atomic mass is 10.0. The van der Waals surface area contributed by atoms with Crippen LogP contribution in [0, 0.1) is 11.7 Å². The molecule has 2 N–H and O–H groups in total. The summed E-state index contributed by atoms with van der Waals surface area (Å²) < 4.78 is 55.1. The molecule has 3 aliphatic carbocycles. The van der Waals surface area contributed by atoms with Gasteiger partial charge in [0, 0.05) is 23.1 Å². The lowest BCUT2D eigenvalue weighted by Crippen LogP contribution is -2.44. The molecule has 0 radical (unpaired) electrons. The van der Waals surface area contributed by atoms with Crippen LogP contribution in [0.2, 0.25) is 10.0 Å². The first-order chi connectivity index (χ1) is 21.5. The summed E-state index contributed by atoms with van der Waals surface area (Å²) in [7, 11) is -4.23. The second kappa shape index (κ2) is 11.6. The second-order valence-corrected chi connectivity index (χ2v) is 14.9. The molecule has 10 nitrogen and oxygen atoms in total. The van der Waals surface area contributed by atoms with Crippen LogP contribution in [-0.2, 0) is 26.2 Å². The van der Waals surface area contributed by atoms with E-state index in [1.165, 1.54) is 23.1 Å². The van der Waals surface area contributed by atoms with Gasteiger partial charge in [-0.25, -0.2) is 17.5 Å². The van der Waals surface area contributed by atoms with Crippen molar-refractivity contribution >= 4 is 50.7 Å². The summed E-state index contributed by atoms with van der Waals surface area (Å²) >= 11 is 12.9. The zero-order valence-corrected chi connectivity index (χ0v) is 26.2. The minimum absolute atomic E-state index is 0.0948. The Balaban J connectivity index is 1.07. The number of sulfonamides is 1. The zero-order valence-electron chi connectivity index (χ0n) is 23.9. The predicted octanol–water partition coefficient (Wildman–Crippen LogP) is 5.35. The number of nitrogens with zero attached hydrogens (tertiary/aromatic N) is 2. The van der Waals surface area contributed by atoms with Gasteiger partial charge >= 0.3 is 0 Å². The Bertz CT molecular complexity index is 1780. The maximum Gasteiger partial charge on any atom is 0.267 e. The third-order valence-electron chi connectivity index (χ3n) is 9.34. The highest BCUT2D eigenvalue weighted by Crippen LogP contribution is 2.48. The van der Waals surface area contributed by atoms with Gasteiger partial charge in [0.05, 0.1) is 46.0 Å². The van der Waals surface area contributed by atoms with E-state index in [4.69, 9.17) is 32.5 Å². The largest absolute Gasteiger partial charge is 0.392 e. The molecule has 2 aromatic carbocycles. The van der Waals surface area contributed by atoms with Gasteiger partial charge in [-0.1, -0.05) is 40.5 Å². The van der Waals surface area contributed by atoms with Crippen molar-refractivity contribution in [3.8, 4) is 11.3 Å². The molecule has 45 heavy (non-hydrogen) atoms. The highest BCUT2D eigenvalue weighted by atomic mass is 35.5. The van der Waals surface area contributed by atoms with Gasteiger partial charge in [-0.15, -0.1) is 0 Å². The van der Waals surface area contributed by atoms with Gasteiger partial charge in [0.1, 0.15) is 16.7 Å². The van der Waals surface area contributed by atoms with E-state index in [0.29, 0.717) is 47.0 Å². The molecule has 14 heteroatoms. The molecule has 1 aromatic heterocycles. The molecule has 238 valence electrons. The zero-order chi connectivity index (χ0) is 31.6. The summed E-state index contributed by atoms with van der Waals surface area (Å²) in [6, 6.07) is 8.78. The fourth-order valence-corrected chi connectivity index (χ4v) is 9.07. The number of nitrogens with one attached hydrogen (secondary N) is 1. The summed E-state index contributed by atoms with van der Waals surface area (Å²) in [6.07, 6.45) is 2.31. The number of aliphatic hydroxyl groups is 1. The van der Waals surface area contributed by atoms with Gasteiger partial charge < -0.3 is 19.3 Å². The van der Waals surface area contributed by atoms with Crippen LogP contribution in [0.1, 0.15) is 72.5 Å². The minimum atomic E-state index is -4.23. The van der Waals surface area contributed by atoms with E-state index in [0.717, 1.165) is 24.2 Å². The monoisotopic (exact) mass is 677 g/mol. The van der Waals surface area contributed by atoms with E-state index in [-0.39, 0.29) is 36.6 Å². The Morgan fingerprint density at radius 2 is 1.84 bits per heavy atom. The van der Waals surface area contributed by atoms with Gasteiger partial charge in [0.15, 0.2) is 5.82 Å². The molecule has 2 amide bonds. The molecule has 2 bridgehead atoms. The Hall–Kier alpha value is -3.03. The molecular formula is C31H30Cl2FN3O7S. The van der Waals surface area contributed by atoms with Crippen LogP contribution in [-0.4, -0.2) is 54.0 Å². The Morgan fingerprint density at radius 1 is 1.11 bits per heavy atom. The number of fused-ring (bicyclic) bond motifs is 2. The average Bonchev–Trinajstić information content (AvgIpc) is 3.26. The fourth-order valence-electron chi connectivity index (χ4n) is 6.95.